The van der Waals surface area contributed by atoms with Crippen molar-refractivity contribution in [2.45, 2.75) is 31.3 Å². The molecule has 0 aromatic rings. The van der Waals surface area contributed by atoms with Crippen molar-refractivity contribution in [3.8, 4) is 0 Å². The van der Waals surface area contributed by atoms with Crippen LogP contribution in [0.4, 0.5) is 0 Å². The second kappa shape index (κ2) is 4.91. The van der Waals surface area contributed by atoms with E-state index in [0.29, 0.717) is 26.2 Å². The molecule has 2 aliphatic rings. The SMILES string of the molecule is CS(=O)(=O)N1CCCCC1C(=O)NC1COC1. The van der Waals surface area contributed by atoms with E-state index < -0.39 is 16.1 Å². The Morgan fingerprint density at radius 2 is 2.06 bits per heavy atom. The molecule has 1 amide bonds. The third kappa shape index (κ3) is 2.97. The van der Waals surface area contributed by atoms with Crippen molar-refractivity contribution in [1.82, 2.24) is 9.62 Å². The Morgan fingerprint density at radius 3 is 2.59 bits per heavy atom. The zero-order valence-electron chi connectivity index (χ0n) is 9.89. The summed E-state index contributed by atoms with van der Waals surface area (Å²) in [4.78, 5) is 12.0. The maximum Gasteiger partial charge on any atom is 0.238 e. The molecule has 98 valence electrons. The van der Waals surface area contributed by atoms with Gasteiger partial charge in [0.1, 0.15) is 6.04 Å². The Hall–Kier alpha value is -0.660. The Kier molecular flexibility index (Phi) is 3.70. The maximum atomic E-state index is 12.0. The lowest BCUT2D eigenvalue weighted by atomic mass is 10.0. The van der Waals surface area contributed by atoms with E-state index in [0.717, 1.165) is 19.1 Å². The number of rotatable bonds is 3. The quantitative estimate of drug-likeness (QED) is 0.731. The van der Waals surface area contributed by atoms with Crippen LogP contribution in [0, 0.1) is 0 Å². The highest BCUT2D eigenvalue weighted by molar-refractivity contribution is 7.88. The van der Waals surface area contributed by atoms with Crippen LogP contribution in [0.1, 0.15) is 19.3 Å². The van der Waals surface area contributed by atoms with Gasteiger partial charge in [0, 0.05) is 6.54 Å². The van der Waals surface area contributed by atoms with Crippen LogP contribution < -0.4 is 5.32 Å². The van der Waals surface area contributed by atoms with Gasteiger partial charge in [-0.2, -0.15) is 4.31 Å². The number of amides is 1. The summed E-state index contributed by atoms with van der Waals surface area (Å²) in [7, 11) is -3.30. The number of piperidine rings is 1. The van der Waals surface area contributed by atoms with Gasteiger partial charge in [0.25, 0.3) is 0 Å². The Balaban J connectivity index is 2.02. The van der Waals surface area contributed by atoms with Crippen molar-refractivity contribution in [3.63, 3.8) is 0 Å². The topological polar surface area (TPSA) is 75.7 Å². The highest BCUT2D eigenvalue weighted by atomic mass is 32.2. The van der Waals surface area contributed by atoms with Crippen LogP contribution in [-0.2, 0) is 19.6 Å². The summed E-state index contributed by atoms with van der Waals surface area (Å²) in [5.74, 6) is -0.191. The lowest BCUT2D eigenvalue weighted by Gasteiger charge is -2.35. The Labute approximate surface area is 101 Å². The largest absolute Gasteiger partial charge is 0.377 e. The minimum Gasteiger partial charge on any atom is -0.377 e. The van der Waals surface area contributed by atoms with Gasteiger partial charge in [-0.05, 0) is 12.8 Å². The minimum absolute atomic E-state index is 0.0471. The lowest BCUT2D eigenvalue weighted by molar-refractivity contribution is -0.129. The summed E-state index contributed by atoms with van der Waals surface area (Å²) in [6.45, 7) is 1.49. The molecule has 1 unspecified atom stereocenters. The van der Waals surface area contributed by atoms with E-state index in [1.807, 2.05) is 0 Å². The van der Waals surface area contributed by atoms with Crippen molar-refractivity contribution < 1.29 is 17.9 Å². The van der Waals surface area contributed by atoms with E-state index in [4.69, 9.17) is 4.74 Å². The molecule has 2 saturated heterocycles. The molecule has 1 atom stereocenters. The molecule has 2 heterocycles. The van der Waals surface area contributed by atoms with Crippen LogP contribution in [0.25, 0.3) is 0 Å². The number of nitrogens with zero attached hydrogens (tertiary/aromatic N) is 1. The molecule has 6 nitrogen and oxygen atoms in total. The number of nitrogens with one attached hydrogen (secondary N) is 1. The van der Waals surface area contributed by atoms with Gasteiger partial charge in [0.15, 0.2) is 0 Å². The number of carbonyl (C=O) groups excluding carboxylic acids is 1. The first-order valence-electron chi connectivity index (χ1n) is 5.83. The molecule has 0 spiro atoms. The van der Waals surface area contributed by atoms with E-state index in [-0.39, 0.29) is 11.9 Å². The van der Waals surface area contributed by atoms with Crippen LogP contribution in [0.2, 0.25) is 0 Å². The van der Waals surface area contributed by atoms with Gasteiger partial charge in [0.05, 0.1) is 25.5 Å². The summed E-state index contributed by atoms with van der Waals surface area (Å²) in [5, 5.41) is 2.82. The summed E-state index contributed by atoms with van der Waals surface area (Å²) in [6.07, 6.45) is 3.48. The summed E-state index contributed by atoms with van der Waals surface area (Å²) in [5.41, 5.74) is 0. The van der Waals surface area contributed by atoms with Crippen molar-refractivity contribution >= 4 is 15.9 Å². The first-order chi connectivity index (χ1) is 7.98. The molecule has 0 bridgehead atoms. The zero-order valence-corrected chi connectivity index (χ0v) is 10.7. The number of ether oxygens (including phenoxy) is 1. The van der Waals surface area contributed by atoms with Crippen LogP contribution >= 0.6 is 0 Å². The predicted octanol–water partition coefficient (Wildman–Crippen LogP) is -0.684. The van der Waals surface area contributed by atoms with E-state index >= 15 is 0 Å². The van der Waals surface area contributed by atoms with E-state index in [1.165, 1.54) is 4.31 Å². The molecule has 17 heavy (non-hydrogen) atoms. The van der Waals surface area contributed by atoms with Crippen LogP contribution in [-0.4, -0.2) is 56.7 Å². The highest BCUT2D eigenvalue weighted by Gasteiger charge is 2.35. The molecule has 2 aliphatic heterocycles. The van der Waals surface area contributed by atoms with Crippen molar-refractivity contribution in [3.05, 3.63) is 0 Å². The summed E-state index contributed by atoms with van der Waals surface area (Å²) < 4.78 is 29.5. The Bertz CT molecular complexity index is 391. The third-order valence-corrected chi connectivity index (χ3v) is 4.46. The van der Waals surface area contributed by atoms with Gasteiger partial charge in [-0.25, -0.2) is 8.42 Å². The molecule has 1 N–H and O–H groups in total. The second-order valence-electron chi connectivity index (χ2n) is 4.63. The van der Waals surface area contributed by atoms with Crippen molar-refractivity contribution in [1.29, 1.82) is 0 Å². The first-order valence-corrected chi connectivity index (χ1v) is 7.68. The molecule has 0 aliphatic carbocycles. The number of carbonyl (C=O) groups is 1. The third-order valence-electron chi connectivity index (χ3n) is 3.17. The lowest BCUT2D eigenvalue weighted by Crippen LogP contribution is -2.57. The van der Waals surface area contributed by atoms with Crippen LogP contribution in [0.5, 0.6) is 0 Å². The first kappa shape index (κ1) is 12.8. The summed E-state index contributed by atoms with van der Waals surface area (Å²) >= 11 is 0. The molecule has 0 aromatic heterocycles. The van der Waals surface area contributed by atoms with Gasteiger partial charge in [-0.3, -0.25) is 4.79 Å². The molecule has 2 fully saturated rings. The van der Waals surface area contributed by atoms with E-state index in [2.05, 4.69) is 5.32 Å². The fraction of sp³-hybridized carbons (Fsp3) is 0.900. The normalized spacial score (nSPS) is 27.5. The molecule has 0 saturated carbocycles. The molecule has 0 radical (unpaired) electrons. The molecular weight excluding hydrogens is 244 g/mol. The fourth-order valence-corrected chi connectivity index (χ4v) is 3.30. The fourth-order valence-electron chi connectivity index (χ4n) is 2.18. The smallest absolute Gasteiger partial charge is 0.238 e. The van der Waals surface area contributed by atoms with Crippen molar-refractivity contribution in [2.75, 3.05) is 26.0 Å². The molecule has 2 rings (SSSR count). The van der Waals surface area contributed by atoms with Crippen LogP contribution in [0.3, 0.4) is 0 Å². The summed E-state index contributed by atoms with van der Waals surface area (Å²) in [6, 6.07) is -0.495. The number of sulfonamides is 1. The van der Waals surface area contributed by atoms with Crippen LogP contribution in [0.15, 0.2) is 0 Å². The number of hydrogen-bond donors (Lipinski definition) is 1. The molecular formula is C10H18N2O4S. The minimum atomic E-state index is -3.30. The second-order valence-corrected chi connectivity index (χ2v) is 6.56. The maximum absolute atomic E-state index is 12.0. The van der Waals surface area contributed by atoms with E-state index in [1.54, 1.807) is 0 Å². The average Bonchev–Trinajstić information content (AvgIpc) is 2.22. The van der Waals surface area contributed by atoms with Gasteiger partial charge < -0.3 is 10.1 Å². The molecule has 0 aromatic carbocycles. The molecule has 7 heteroatoms. The van der Waals surface area contributed by atoms with Crippen molar-refractivity contribution in [2.24, 2.45) is 0 Å². The standard InChI is InChI=1S/C10H18N2O4S/c1-17(14,15)12-5-3-2-4-9(12)10(13)11-8-6-16-7-8/h8-9H,2-7H2,1H3,(H,11,13). The van der Waals surface area contributed by atoms with Gasteiger partial charge in [0.2, 0.25) is 15.9 Å². The highest BCUT2D eigenvalue weighted by Crippen LogP contribution is 2.20. The Morgan fingerprint density at radius 1 is 1.35 bits per heavy atom. The zero-order chi connectivity index (χ0) is 12.5. The van der Waals surface area contributed by atoms with Gasteiger partial charge in [-0.15, -0.1) is 0 Å². The average molecular weight is 262 g/mol. The number of hydrogen-bond acceptors (Lipinski definition) is 4. The van der Waals surface area contributed by atoms with E-state index in [9.17, 15) is 13.2 Å². The predicted molar refractivity (Wildman–Crippen MR) is 61.9 cm³/mol. The monoisotopic (exact) mass is 262 g/mol. The van der Waals surface area contributed by atoms with Gasteiger partial charge >= 0.3 is 0 Å². The van der Waals surface area contributed by atoms with Gasteiger partial charge in [-0.1, -0.05) is 6.42 Å².